The molecular formula is C7H13NO3. The molecule has 0 bridgehead atoms. The summed E-state index contributed by atoms with van der Waals surface area (Å²) in [5.41, 5.74) is 0. The topological polar surface area (TPSA) is 67.2 Å². The maximum atomic E-state index is 10.4. The van der Waals surface area contributed by atoms with Crippen LogP contribution in [0.3, 0.4) is 0 Å². The van der Waals surface area contributed by atoms with Crippen LogP contribution in [0.1, 0.15) is 27.2 Å². The summed E-state index contributed by atoms with van der Waals surface area (Å²) >= 11 is 0. The highest BCUT2D eigenvalue weighted by Crippen LogP contribution is 1.90. The normalized spacial score (nSPS) is 7.64. The first-order valence-electron chi connectivity index (χ1n) is 3.31. The van der Waals surface area contributed by atoms with E-state index in [2.05, 4.69) is 0 Å². The summed E-state index contributed by atoms with van der Waals surface area (Å²) in [6, 6.07) is 0. The van der Waals surface area contributed by atoms with E-state index >= 15 is 0 Å². The smallest absolute Gasteiger partial charge is 0.305 e. The van der Waals surface area contributed by atoms with E-state index in [4.69, 9.17) is 14.9 Å². The molecule has 0 aliphatic carbocycles. The first-order chi connectivity index (χ1) is 5.08. The van der Waals surface area contributed by atoms with Crippen LogP contribution in [0.2, 0.25) is 0 Å². The Bertz CT molecular complexity index is 137. The molecule has 0 rings (SSSR count). The fourth-order valence-electron chi connectivity index (χ4n) is 0.346. The van der Waals surface area contributed by atoms with Crippen molar-refractivity contribution in [1.82, 2.24) is 0 Å². The van der Waals surface area contributed by atoms with Gasteiger partial charge in [0, 0.05) is 6.42 Å². The quantitative estimate of drug-likeness (QED) is 0.374. The molecule has 0 atom stereocenters. The summed E-state index contributed by atoms with van der Waals surface area (Å²) in [6.45, 7) is 5.46. The lowest BCUT2D eigenvalue weighted by Crippen LogP contribution is -2.09. The van der Waals surface area contributed by atoms with Crippen molar-refractivity contribution in [2.45, 2.75) is 33.3 Å². The van der Waals surface area contributed by atoms with Crippen LogP contribution in [-0.2, 0) is 14.3 Å². The second kappa shape index (κ2) is 8.85. The van der Waals surface area contributed by atoms with Crippen LogP contribution in [0.5, 0.6) is 0 Å². The molecule has 4 heteroatoms. The molecule has 0 aromatic rings. The number of carbonyl (C=O) groups is 1. The van der Waals surface area contributed by atoms with Gasteiger partial charge in [-0.25, -0.2) is 10.2 Å². The minimum absolute atomic E-state index is 0.0300. The molecule has 11 heavy (non-hydrogen) atoms. The average Bonchev–Trinajstić information content (AvgIpc) is 1.88. The van der Waals surface area contributed by atoms with Crippen molar-refractivity contribution in [2.24, 2.45) is 0 Å². The fourth-order valence-corrected chi connectivity index (χ4v) is 0.346. The van der Waals surface area contributed by atoms with Crippen LogP contribution in [0, 0.1) is 5.41 Å². The van der Waals surface area contributed by atoms with Gasteiger partial charge >= 0.3 is 5.97 Å². The van der Waals surface area contributed by atoms with Crippen molar-refractivity contribution in [1.29, 1.82) is 5.41 Å². The number of esters is 1. The number of nitrogens with one attached hydrogen (secondary N) is 1. The second-order valence-corrected chi connectivity index (χ2v) is 1.99. The molecule has 0 radical (unpaired) electrons. The van der Waals surface area contributed by atoms with Crippen molar-refractivity contribution < 1.29 is 14.3 Å². The van der Waals surface area contributed by atoms with Gasteiger partial charge in [-0.15, -0.1) is 0 Å². The van der Waals surface area contributed by atoms with Gasteiger partial charge in [0.25, 0.3) is 0 Å². The van der Waals surface area contributed by atoms with E-state index in [-0.39, 0.29) is 12.1 Å². The van der Waals surface area contributed by atoms with Crippen molar-refractivity contribution in [3.63, 3.8) is 0 Å². The van der Waals surface area contributed by atoms with Gasteiger partial charge in [-0.2, -0.15) is 0 Å². The fraction of sp³-hybridized carbons (Fsp3) is 0.714. The first kappa shape index (κ1) is 12.5. The zero-order valence-corrected chi connectivity index (χ0v) is 7.01. The predicted octanol–water partition coefficient (Wildman–Crippen LogP) is 1.25. The Hall–Kier alpha value is -1.15. The lowest BCUT2D eigenvalue weighted by Gasteiger charge is -2.04. The molecular weight excluding hydrogens is 146 g/mol. The summed E-state index contributed by atoms with van der Waals surface area (Å²) in [7, 11) is 0. The van der Waals surface area contributed by atoms with Gasteiger partial charge in [-0.1, -0.05) is 6.92 Å². The Labute approximate surface area is 66.1 Å². The summed E-state index contributed by atoms with van der Waals surface area (Å²) in [5.74, 6) is -0.125. The van der Waals surface area contributed by atoms with E-state index in [1.165, 1.54) is 0 Å². The minimum atomic E-state index is -0.125. The minimum Gasteiger partial charge on any atom is -0.463 e. The highest BCUT2D eigenvalue weighted by molar-refractivity contribution is 5.68. The molecule has 64 valence electrons. The molecule has 1 N–H and O–H groups in total. The van der Waals surface area contributed by atoms with Crippen molar-refractivity contribution >= 4 is 12.0 Å². The lowest BCUT2D eigenvalue weighted by molar-refractivity contribution is -0.146. The SMILES string of the molecule is CCC(=O)OC(C)C.N=C=O. The largest absolute Gasteiger partial charge is 0.463 e. The van der Waals surface area contributed by atoms with Gasteiger partial charge in [0.1, 0.15) is 0 Å². The van der Waals surface area contributed by atoms with Crippen LogP contribution in [0.4, 0.5) is 0 Å². The third kappa shape index (κ3) is 17.7. The Morgan fingerprint density at radius 1 is 1.64 bits per heavy atom. The predicted molar refractivity (Wildman–Crippen MR) is 39.9 cm³/mol. The average molecular weight is 159 g/mol. The van der Waals surface area contributed by atoms with Crippen LogP contribution < -0.4 is 0 Å². The summed E-state index contributed by atoms with van der Waals surface area (Å²) in [6.07, 6.45) is 1.25. The van der Waals surface area contributed by atoms with Crippen LogP contribution in [0.15, 0.2) is 0 Å². The maximum Gasteiger partial charge on any atom is 0.305 e. The van der Waals surface area contributed by atoms with Gasteiger partial charge in [0.15, 0.2) is 0 Å². The highest BCUT2D eigenvalue weighted by atomic mass is 16.5. The Morgan fingerprint density at radius 2 is 2.00 bits per heavy atom. The molecule has 0 aromatic carbocycles. The monoisotopic (exact) mass is 159 g/mol. The van der Waals surface area contributed by atoms with Gasteiger partial charge in [-0.3, -0.25) is 4.79 Å². The number of isocyanates is 1. The molecule has 0 spiro atoms. The Kier molecular flexibility index (Phi) is 10.1. The van der Waals surface area contributed by atoms with Crippen molar-refractivity contribution in [3.05, 3.63) is 0 Å². The zero-order chi connectivity index (χ0) is 9.28. The van der Waals surface area contributed by atoms with Crippen LogP contribution in [-0.4, -0.2) is 18.2 Å². The molecule has 0 aromatic heterocycles. The number of rotatable bonds is 2. The third-order valence-electron chi connectivity index (χ3n) is 0.656. The maximum absolute atomic E-state index is 10.4. The molecule has 0 amide bonds. The van der Waals surface area contributed by atoms with E-state index in [0.29, 0.717) is 6.42 Å². The Morgan fingerprint density at radius 3 is 2.09 bits per heavy atom. The molecule has 0 saturated heterocycles. The van der Waals surface area contributed by atoms with Gasteiger partial charge in [0.2, 0.25) is 6.08 Å². The molecule has 0 aliphatic heterocycles. The highest BCUT2D eigenvalue weighted by Gasteiger charge is 1.98. The molecule has 0 saturated carbocycles. The zero-order valence-electron chi connectivity index (χ0n) is 7.01. The second-order valence-electron chi connectivity index (χ2n) is 1.99. The van der Waals surface area contributed by atoms with E-state index in [9.17, 15) is 4.79 Å². The molecule has 0 unspecified atom stereocenters. The number of hydrogen-bond acceptors (Lipinski definition) is 4. The third-order valence-corrected chi connectivity index (χ3v) is 0.656. The van der Waals surface area contributed by atoms with E-state index in [0.717, 1.165) is 6.08 Å². The standard InChI is InChI=1S/C6H12O2.CHNO/c1-4-6(7)8-5(2)3;2-1-3/h5H,4H2,1-3H3;2H. The van der Waals surface area contributed by atoms with Crippen LogP contribution >= 0.6 is 0 Å². The molecule has 0 fully saturated rings. The summed E-state index contributed by atoms with van der Waals surface area (Å²) in [4.78, 5) is 18.7. The summed E-state index contributed by atoms with van der Waals surface area (Å²) in [5, 5.41) is 5.40. The lowest BCUT2D eigenvalue weighted by atomic mass is 10.4. The van der Waals surface area contributed by atoms with E-state index < -0.39 is 0 Å². The van der Waals surface area contributed by atoms with Gasteiger partial charge in [-0.05, 0) is 13.8 Å². The first-order valence-corrected chi connectivity index (χ1v) is 3.31. The van der Waals surface area contributed by atoms with Gasteiger partial charge < -0.3 is 4.74 Å². The van der Waals surface area contributed by atoms with Gasteiger partial charge in [0.05, 0.1) is 6.10 Å². The summed E-state index contributed by atoms with van der Waals surface area (Å²) < 4.78 is 4.76. The molecule has 4 nitrogen and oxygen atoms in total. The van der Waals surface area contributed by atoms with E-state index in [1.54, 1.807) is 6.92 Å². The number of ether oxygens (including phenoxy) is 1. The number of carbonyl (C=O) groups excluding carboxylic acids is 2. The van der Waals surface area contributed by atoms with Crippen molar-refractivity contribution in [3.8, 4) is 0 Å². The van der Waals surface area contributed by atoms with Crippen LogP contribution in [0.25, 0.3) is 0 Å². The molecule has 0 aliphatic rings. The number of hydrogen-bond donors (Lipinski definition) is 1. The Balaban J connectivity index is 0. The van der Waals surface area contributed by atoms with E-state index in [1.807, 2.05) is 13.8 Å². The molecule has 0 heterocycles. The van der Waals surface area contributed by atoms with Crippen molar-refractivity contribution in [2.75, 3.05) is 0 Å².